The SMILES string of the molecule is Cc1nc(NC2CCN(c3cccc(F)c3)C2)c2cccc(C(N)=O)c2n1. The van der Waals surface area contributed by atoms with Crippen LogP contribution >= 0.6 is 0 Å². The van der Waals surface area contributed by atoms with Crippen molar-refractivity contribution in [3.63, 3.8) is 0 Å². The van der Waals surface area contributed by atoms with Crippen LogP contribution in [0, 0.1) is 12.7 Å². The van der Waals surface area contributed by atoms with E-state index in [1.165, 1.54) is 6.07 Å². The van der Waals surface area contributed by atoms with E-state index in [4.69, 9.17) is 5.73 Å². The Hall–Kier alpha value is -3.22. The van der Waals surface area contributed by atoms with Gasteiger partial charge in [-0.3, -0.25) is 4.79 Å². The standard InChI is InChI=1S/C20H20FN5O/c1-12-23-18-16(19(22)27)6-3-7-17(18)20(24-12)25-14-8-9-26(11-14)15-5-2-4-13(21)10-15/h2-7,10,14H,8-9,11H2,1H3,(H2,22,27)(H,23,24,25). The number of carbonyl (C=O) groups excluding carboxylic acids is 1. The number of carbonyl (C=O) groups is 1. The maximum atomic E-state index is 13.5. The van der Waals surface area contributed by atoms with Gasteiger partial charge in [-0.25, -0.2) is 14.4 Å². The number of hydrogen-bond donors (Lipinski definition) is 2. The van der Waals surface area contributed by atoms with E-state index in [0.717, 1.165) is 30.6 Å². The van der Waals surface area contributed by atoms with Gasteiger partial charge in [-0.2, -0.15) is 0 Å². The largest absolute Gasteiger partial charge is 0.369 e. The van der Waals surface area contributed by atoms with Crippen molar-refractivity contribution >= 4 is 28.3 Å². The Balaban J connectivity index is 1.61. The van der Waals surface area contributed by atoms with Crippen LogP contribution in [0.25, 0.3) is 10.9 Å². The number of nitrogens with zero attached hydrogens (tertiary/aromatic N) is 3. The second-order valence-corrected chi connectivity index (χ2v) is 6.74. The van der Waals surface area contributed by atoms with Crippen molar-refractivity contribution in [2.24, 2.45) is 5.73 Å². The van der Waals surface area contributed by atoms with Gasteiger partial charge in [0.1, 0.15) is 17.5 Å². The number of aryl methyl sites for hydroxylation is 1. The molecule has 1 fully saturated rings. The summed E-state index contributed by atoms with van der Waals surface area (Å²) in [4.78, 5) is 22.8. The maximum absolute atomic E-state index is 13.5. The number of fused-ring (bicyclic) bond motifs is 1. The van der Waals surface area contributed by atoms with E-state index in [1.54, 1.807) is 31.2 Å². The molecule has 1 aromatic heterocycles. The fraction of sp³-hybridized carbons (Fsp3) is 0.250. The molecule has 1 amide bonds. The number of nitrogens with two attached hydrogens (primary N) is 1. The van der Waals surface area contributed by atoms with Gasteiger partial charge in [-0.15, -0.1) is 0 Å². The number of hydrogen-bond acceptors (Lipinski definition) is 5. The minimum atomic E-state index is -0.511. The lowest BCUT2D eigenvalue weighted by molar-refractivity contribution is 0.100. The van der Waals surface area contributed by atoms with Crippen LogP contribution in [0.15, 0.2) is 42.5 Å². The lowest BCUT2D eigenvalue weighted by Gasteiger charge is -2.20. The summed E-state index contributed by atoms with van der Waals surface area (Å²) in [6.07, 6.45) is 0.899. The molecule has 138 valence electrons. The Morgan fingerprint density at radius 1 is 1.26 bits per heavy atom. The predicted molar refractivity (Wildman–Crippen MR) is 103 cm³/mol. The first kappa shape index (κ1) is 17.2. The number of aromatic nitrogens is 2. The fourth-order valence-electron chi connectivity index (χ4n) is 3.55. The Kier molecular flexibility index (Phi) is 4.35. The van der Waals surface area contributed by atoms with E-state index in [9.17, 15) is 9.18 Å². The molecule has 1 unspecified atom stereocenters. The normalized spacial score (nSPS) is 16.7. The summed E-state index contributed by atoms with van der Waals surface area (Å²) in [6, 6.07) is 12.1. The lowest BCUT2D eigenvalue weighted by Crippen LogP contribution is -2.26. The summed E-state index contributed by atoms with van der Waals surface area (Å²) >= 11 is 0. The van der Waals surface area contributed by atoms with E-state index in [2.05, 4.69) is 20.2 Å². The first-order valence-electron chi connectivity index (χ1n) is 8.85. The van der Waals surface area contributed by atoms with Crippen LogP contribution in [0.5, 0.6) is 0 Å². The second kappa shape index (κ2) is 6.83. The van der Waals surface area contributed by atoms with Gasteiger partial charge in [-0.05, 0) is 43.7 Å². The number of para-hydroxylation sites is 1. The van der Waals surface area contributed by atoms with E-state index < -0.39 is 5.91 Å². The smallest absolute Gasteiger partial charge is 0.250 e. The molecule has 2 aromatic carbocycles. The summed E-state index contributed by atoms with van der Waals surface area (Å²) in [5.41, 5.74) is 7.29. The van der Waals surface area contributed by atoms with E-state index in [-0.39, 0.29) is 11.9 Å². The molecule has 27 heavy (non-hydrogen) atoms. The van der Waals surface area contributed by atoms with Crippen LogP contribution in [0.2, 0.25) is 0 Å². The van der Waals surface area contributed by atoms with Crippen LogP contribution in [0.4, 0.5) is 15.9 Å². The van der Waals surface area contributed by atoms with E-state index in [0.29, 0.717) is 22.7 Å². The topological polar surface area (TPSA) is 84.1 Å². The quantitative estimate of drug-likeness (QED) is 0.743. The van der Waals surface area contributed by atoms with Crippen LogP contribution in [0.3, 0.4) is 0 Å². The van der Waals surface area contributed by atoms with Gasteiger partial charge < -0.3 is 16.0 Å². The lowest BCUT2D eigenvalue weighted by atomic mass is 10.1. The van der Waals surface area contributed by atoms with Gasteiger partial charge in [-0.1, -0.05) is 12.1 Å². The Morgan fingerprint density at radius 2 is 2.07 bits per heavy atom. The van der Waals surface area contributed by atoms with Gasteiger partial charge in [0, 0.05) is 30.2 Å². The van der Waals surface area contributed by atoms with Gasteiger partial charge in [0.2, 0.25) is 0 Å². The monoisotopic (exact) mass is 365 g/mol. The molecule has 0 aliphatic carbocycles. The molecular formula is C20H20FN5O. The first-order valence-corrected chi connectivity index (χ1v) is 8.85. The first-order chi connectivity index (χ1) is 13.0. The highest BCUT2D eigenvalue weighted by Crippen LogP contribution is 2.27. The molecule has 3 aromatic rings. The van der Waals surface area contributed by atoms with Gasteiger partial charge in [0.05, 0.1) is 11.1 Å². The zero-order valence-corrected chi connectivity index (χ0v) is 14.9. The third-order valence-electron chi connectivity index (χ3n) is 4.81. The molecule has 1 aliphatic heterocycles. The maximum Gasteiger partial charge on any atom is 0.250 e. The number of primary amides is 1. The molecule has 6 nitrogen and oxygen atoms in total. The third kappa shape index (κ3) is 3.40. The predicted octanol–water partition coefficient (Wildman–Crippen LogP) is 2.87. The van der Waals surface area contributed by atoms with Crippen LogP contribution in [-0.4, -0.2) is 35.0 Å². The van der Waals surface area contributed by atoms with Crippen LogP contribution < -0.4 is 16.0 Å². The number of anilines is 2. The minimum Gasteiger partial charge on any atom is -0.369 e. The van der Waals surface area contributed by atoms with Crippen molar-refractivity contribution in [3.05, 3.63) is 59.7 Å². The molecule has 4 rings (SSSR count). The van der Waals surface area contributed by atoms with Gasteiger partial charge in [0.15, 0.2) is 0 Å². The van der Waals surface area contributed by atoms with Gasteiger partial charge >= 0.3 is 0 Å². The number of halogens is 1. The number of rotatable bonds is 4. The van der Waals surface area contributed by atoms with Gasteiger partial charge in [0.25, 0.3) is 5.91 Å². The van der Waals surface area contributed by atoms with E-state index >= 15 is 0 Å². The molecule has 0 saturated carbocycles. The third-order valence-corrected chi connectivity index (χ3v) is 4.81. The van der Waals surface area contributed by atoms with Crippen molar-refractivity contribution in [1.29, 1.82) is 0 Å². The van der Waals surface area contributed by atoms with Crippen molar-refractivity contribution in [3.8, 4) is 0 Å². The highest BCUT2D eigenvalue weighted by Gasteiger charge is 2.24. The Morgan fingerprint density at radius 3 is 2.85 bits per heavy atom. The molecule has 1 aliphatic rings. The zero-order valence-electron chi connectivity index (χ0n) is 14.9. The number of amides is 1. The summed E-state index contributed by atoms with van der Waals surface area (Å²) in [5, 5.41) is 4.23. The molecule has 0 radical (unpaired) electrons. The summed E-state index contributed by atoms with van der Waals surface area (Å²) in [7, 11) is 0. The van der Waals surface area contributed by atoms with Crippen molar-refractivity contribution in [2.75, 3.05) is 23.3 Å². The molecule has 0 bridgehead atoms. The zero-order chi connectivity index (χ0) is 19.0. The second-order valence-electron chi connectivity index (χ2n) is 6.74. The minimum absolute atomic E-state index is 0.156. The average Bonchev–Trinajstić information content (AvgIpc) is 3.09. The van der Waals surface area contributed by atoms with E-state index in [1.807, 2.05) is 12.1 Å². The molecule has 3 N–H and O–H groups in total. The van der Waals surface area contributed by atoms with Crippen molar-refractivity contribution in [2.45, 2.75) is 19.4 Å². The Bertz CT molecular complexity index is 1020. The average molecular weight is 365 g/mol. The Labute approximate surface area is 156 Å². The highest BCUT2D eigenvalue weighted by atomic mass is 19.1. The van der Waals surface area contributed by atoms with Crippen molar-refractivity contribution in [1.82, 2.24) is 9.97 Å². The number of benzene rings is 2. The fourth-order valence-corrected chi connectivity index (χ4v) is 3.55. The summed E-state index contributed by atoms with van der Waals surface area (Å²) in [5.74, 6) is 0.508. The summed E-state index contributed by atoms with van der Waals surface area (Å²) < 4.78 is 13.5. The number of nitrogens with one attached hydrogen (secondary N) is 1. The van der Waals surface area contributed by atoms with Crippen LogP contribution in [-0.2, 0) is 0 Å². The molecule has 1 atom stereocenters. The molecule has 0 spiro atoms. The molecular weight excluding hydrogens is 345 g/mol. The summed E-state index contributed by atoms with van der Waals surface area (Å²) in [6.45, 7) is 3.36. The van der Waals surface area contributed by atoms with Crippen LogP contribution in [0.1, 0.15) is 22.6 Å². The molecule has 2 heterocycles. The van der Waals surface area contributed by atoms with Crippen molar-refractivity contribution < 1.29 is 9.18 Å². The highest BCUT2D eigenvalue weighted by molar-refractivity contribution is 6.07. The molecule has 1 saturated heterocycles. The molecule has 7 heteroatoms.